The summed E-state index contributed by atoms with van der Waals surface area (Å²) in [5.41, 5.74) is 1.73. The van der Waals surface area contributed by atoms with Crippen molar-refractivity contribution in [3.63, 3.8) is 0 Å². The fourth-order valence-electron chi connectivity index (χ4n) is 2.71. The zero-order chi connectivity index (χ0) is 15.5. The van der Waals surface area contributed by atoms with Crippen LogP contribution in [0.2, 0.25) is 0 Å². The summed E-state index contributed by atoms with van der Waals surface area (Å²) in [5, 5.41) is 9.81. The number of rotatable bonds is 4. The molecule has 0 saturated carbocycles. The maximum absolute atomic E-state index is 12.1. The minimum atomic E-state index is -0.0953. The Hall–Kier alpha value is -1.37. The first-order chi connectivity index (χ1) is 10.7. The van der Waals surface area contributed by atoms with E-state index in [-0.39, 0.29) is 31.1 Å². The predicted molar refractivity (Wildman–Crippen MR) is 94.7 cm³/mol. The maximum Gasteiger partial charge on any atom is 0.258 e. The molecule has 1 aliphatic rings. The third-order valence-electron chi connectivity index (χ3n) is 3.91. The molecule has 0 amide bonds. The number of nitrogens with one attached hydrogen (secondary N) is 1. The van der Waals surface area contributed by atoms with E-state index >= 15 is 0 Å². The molecule has 0 bridgehead atoms. The van der Waals surface area contributed by atoms with E-state index in [0.29, 0.717) is 17.0 Å². The van der Waals surface area contributed by atoms with Crippen LogP contribution in [0.25, 0.3) is 10.9 Å². The van der Waals surface area contributed by atoms with Gasteiger partial charge in [-0.2, -0.15) is 0 Å². The van der Waals surface area contributed by atoms with E-state index in [1.54, 1.807) is 17.8 Å². The van der Waals surface area contributed by atoms with Crippen molar-refractivity contribution in [1.29, 1.82) is 0 Å². The molecule has 1 fully saturated rings. The van der Waals surface area contributed by atoms with Gasteiger partial charge in [0.1, 0.15) is 11.3 Å². The Bertz CT molecular complexity index is 717. The molecule has 1 aromatic heterocycles. The van der Waals surface area contributed by atoms with Crippen LogP contribution in [-0.4, -0.2) is 33.2 Å². The van der Waals surface area contributed by atoms with Crippen molar-refractivity contribution in [3.8, 4) is 0 Å². The minimum Gasteiger partial charge on any atom is -0.394 e. The molecule has 5 nitrogen and oxygen atoms in total. The highest BCUT2D eigenvalue weighted by Crippen LogP contribution is 2.28. The number of aliphatic hydroxyl groups excluding tert-OH is 1. The summed E-state index contributed by atoms with van der Waals surface area (Å²) in [6, 6.07) is 5.62. The highest BCUT2D eigenvalue weighted by atomic mass is 32.2. The Morgan fingerprint density at radius 3 is 3.04 bits per heavy atom. The molecule has 2 atom stereocenters. The van der Waals surface area contributed by atoms with E-state index in [1.165, 1.54) is 0 Å². The Morgan fingerprint density at radius 1 is 1.43 bits per heavy atom. The number of fused-ring (bicyclic) bond motifs is 1. The summed E-state index contributed by atoms with van der Waals surface area (Å²) >= 11 is 1.63. The van der Waals surface area contributed by atoms with E-state index in [9.17, 15) is 9.90 Å². The van der Waals surface area contributed by atoms with Crippen LogP contribution in [0.15, 0.2) is 23.0 Å². The van der Waals surface area contributed by atoms with E-state index in [2.05, 4.69) is 9.97 Å². The number of nitrogens with zero attached hydrogens (tertiary/aromatic N) is 1. The van der Waals surface area contributed by atoms with Gasteiger partial charge in [-0.05, 0) is 37.8 Å². The fraction of sp³-hybridized carbons (Fsp3) is 0.529. The number of hydrogen-bond donors (Lipinski definition) is 2. The number of aromatic amines is 1. The third kappa shape index (κ3) is 4.13. The van der Waals surface area contributed by atoms with Gasteiger partial charge in [0, 0.05) is 0 Å². The molecular formula is C17H24N2O3S. The standard InChI is InChI=1S/C16H20N2O3S.CH4/c1-10-4-2-6-12-15(10)17-13(18-16(12)20)9-22-14-7-3-5-11(8-19)21-14;/h2,4,6,11,14,19H,3,5,7-9H2,1H3,(H,17,18,20);1H4/t11-,14-;/m1./s1. The van der Waals surface area contributed by atoms with Gasteiger partial charge in [0.25, 0.3) is 5.56 Å². The van der Waals surface area contributed by atoms with Gasteiger partial charge in [-0.3, -0.25) is 4.79 Å². The Kier molecular flexibility index (Phi) is 6.21. The largest absolute Gasteiger partial charge is 0.394 e. The monoisotopic (exact) mass is 336 g/mol. The number of thioether (sulfide) groups is 1. The summed E-state index contributed by atoms with van der Waals surface area (Å²) in [5.74, 6) is 1.27. The van der Waals surface area contributed by atoms with Gasteiger partial charge in [-0.25, -0.2) is 4.98 Å². The summed E-state index contributed by atoms with van der Waals surface area (Å²) in [4.78, 5) is 19.6. The molecule has 0 aliphatic carbocycles. The number of aryl methyl sites for hydroxylation is 1. The summed E-state index contributed by atoms with van der Waals surface area (Å²) in [7, 11) is 0. The highest BCUT2D eigenvalue weighted by Gasteiger charge is 2.22. The molecule has 3 rings (SSSR count). The second kappa shape index (κ2) is 7.95. The number of para-hydroxylation sites is 1. The van der Waals surface area contributed by atoms with Crippen molar-refractivity contribution in [2.75, 3.05) is 6.61 Å². The van der Waals surface area contributed by atoms with E-state index in [1.807, 2.05) is 19.1 Å². The molecule has 23 heavy (non-hydrogen) atoms. The van der Waals surface area contributed by atoms with Crippen LogP contribution in [0.5, 0.6) is 0 Å². The highest BCUT2D eigenvalue weighted by molar-refractivity contribution is 7.99. The van der Waals surface area contributed by atoms with Gasteiger partial charge in [0.05, 0.1) is 29.4 Å². The zero-order valence-electron chi connectivity index (χ0n) is 12.5. The molecule has 0 unspecified atom stereocenters. The van der Waals surface area contributed by atoms with Crippen molar-refractivity contribution in [3.05, 3.63) is 39.9 Å². The molecule has 1 aromatic carbocycles. The summed E-state index contributed by atoms with van der Waals surface area (Å²) in [6.45, 7) is 2.03. The van der Waals surface area contributed by atoms with Crippen LogP contribution in [-0.2, 0) is 10.5 Å². The first kappa shape index (κ1) is 18.0. The molecule has 0 radical (unpaired) electrons. The van der Waals surface area contributed by atoms with E-state index in [4.69, 9.17) is 4.74 Å². The van der Waals surface area contributed by atoms with Crippen LogP contribution < -0.4 is 5.56 Å². The lowest BCUT2D eigenvalue weighted by Gasteiger charge is -2.28. The number of ether oxygens (including phenoxy) is 1. The smallest absolute Gasteiger partial charge is 0.258 e. The first-order valence-corrected chi connectivity index (χ1v) is 8.58. The van der Waals surface area contributed by atoms with Gasteiger partial charge in [-0.15, -0.1) is 11.8 Å². The number of H-pyrrole nitrogens is 1. The van der Waals surface area contributed by atoms with Crippen molar-refractivity contribution in [2.24, 2.45) is 0 Å². The molecule has 1 aliphatic heterocycles. The van der Waals surface area contributed by atoms with Gasteiger partial charge < -0.3 is 14.8 Å². The first-order valence-electron chi connectivity index (χ1n) is 7.54. The van der Waals surface area contributed by atoms with Gasteiger partial charge in [0.2, 0.25) is 0 Å². The Balaban J connectivity index is 0.00000192. The van der Waals surface area contributed by atoms with Gasteiger partial charge >= 0.3 is 0 Å². The number of aliphatic hydroxyl groups is 1. The van der Waals surface area contributed by atoms with Crippen molar-refractivity contribution >= 4 is 22.7 Å². The number of aromatic nitrogens is 2. The molecular weight excluding hydrogens is 312 g/mol. The number of hydrogen-bond acceptors (Lipinski definition) is 5. The van der Waals surface area contributed by atoms with Crippen LogP contribution >= 0.6 is 11.8 Å². The quantitative estimate of drug-likeness (QED) is 0.898. The molecule has 2 N–H and O–H groups in total. The van der Waals surface area contributed by atoms with Crippen LogP contribution in [0, 0.1) is 6.92 Å². The van der Waals surface area contributed by atoms with Crippen molar-refractivity contribution in [1.82, 2.24) is 9.97 Å². The second-order valence-corrected chi connectivity index (χ2v) is 6.74. The van der Waals surface area contributed by atoms with Crippen LogP contribution in [0.1, 0.15) is 38.1 Å². The summed E-state index contributed by atoms with van der Waals surface area (Å²) < 4.78 is 5.79. The lowest BCUT2D eigenvalue weighted by atomic mass is 10.1. The normalized spacial score (nSPS) is 21.1. The van der Waals surface area contributed by atoms with Crippen LogP contribution in [0.3, 0.4) is 0 Å². The maximum atomic E-state index is 12.1. The molecule has 2 heterocycles. The lowest BCUT2D eigenvalue weighted by Crippen LogP contribution is -2.28. The Labute approximate surface area is 140 Å². The molecule has 6 heteroatoms. The van der Waals surface area contributed by atoms with Crippen molar-refractivity contribution < 1.29 is 9.84 Å². The fourth-order valence-corrected chi connectivity index (χ4v) is 3.76. The van der Waals surface area contributed by atoms with Gasteiger partial charge in [-0.1, -0.05) is 19.6 Å². The third-order valence-corrected chi connectivity index (χ3v) is 5.07. The lowest BCUT2D eigenvalue weighted by molar-refractivity contribution is -0.0334. The predicted octanol–water partition coefficient (Wildman–Crippen LogP) is 2.99. The molecule has 126 valence electrons. The number of benzene rings is 1. The SMILES string of the molecule is C.Cc1cccc2c(=O)[nH]c(CS[C@@H]3CCC[C@H](CO)O3)nc12. The topological polar surface area (TPSA) is 75.2 Å². The van der Waals surface area contributed by atoms with Crippen LogP contribution in [0.4, 0.5) is 0 Å². The minimum absolute atomic E-state index is 0. The molecule has 1 saturated heterocycles. The Morgan fingerprint density at radius 2 is 2.26 bits per heavy atom. The van der Waals surface area contributed by atoms with Gasteiger partial charge in [0.15, 0.2) is 0 Å². The average molecular weight is 336 g/mol. The van der Waals surface area contributed by atoms with E-state index < -0.39 is 0 Å². The second-order valence-electron chi connectivity index (χ2n) is 5.60. The molecule has 0 spiro atoms. The average Bonchev–Trinajstić information content (AvgIpc) is 2.54. The van der Waals surface area contributed by atoms with E-state index in [0.717, 1.165) is 30.3 Å². The summed E-state index contributed by atoms with van der Waals surface area (Å²) in [6.07, 6.45) is 2.89. The zero-order valence-corrected chi connectivity index (χ0v) is 13.4. The molecule has 2 aromatic rings. The van der Waals surface area contributed by atoms with Crippen molar-refractivity contribution in [2.45, 2.75) is 50.9 Å².